The number of hydrogen-bond acceptors (Lipinski definition) is 5. The van der Waals surface area contributed by atoms with Crippen LogP contribution >= 0.6 is 0 Å². The molecule has 1 aromatic carbocycles. The maximum absolute atomic E-state index is 11.7. The molecule has 0 fully saturated rings. The van der Waals surface area contributed by atoms with Crippen molar-refractivity contribution in [3.05, 3.63) is 54.1 Å². The quantitative estimate of drug-likeness (QED) is 0.662. The van der Waals surface area contributed by atoms with Gasteiger partial charge in [0.2, 0.25) is 0 Å². The maximum Gasteiger partial charge on any atom is 0.291 e. The minimum absolute atomic E-state index is 0.211. The van der Waals surface area contributed by atoms with Crippen molar-refractivity contribution in [2.24, 2.45) is 5.10 Å². The summed E-state index contributed by atoms with van der Waals surface area (Å²) in [7, 11) is 0. The zero-order valence-electron chi connectivity index (χ0n) is 11.0. The van der Waals surface area contributed by atoms with Crippen molar-refractivity contribution in [1.82, 2.24) is 15.4 Å². The molecule has 0 aliphatic heterocycles. The Bertz CT molecular complexity index is 599. The van der Waals surface area contributed by atoms with Crippen LogP contribution in [0.5, 0.6) is 5.75 Å². The number of benzene rings is 1. The third kappa shape index (κ3) is 3.61. The zero-order valence-corrected chi connectivity index (χ0v) is 11.0. The first-order chi connectivity index (χ1) is 9.81. The highest BCUT2D eigenvalue weighted by molar-refractivity contribution is 5.93. The molecular formula is C14H14N4O2. The van der Waals surface area contributed by atoms with Gasteiger partial charge >= 0.3 is 0 Å². The molecular weight excluding hydrogens is 256 g/mol. The number of nitrogens with one attached hydrogen (secondary N) is 1. The van der Waals surface area contributed by atoms with Crippen LogP contribution in [-0.2, 0) is 0 Å². The number of ether oxygens (including phenoxy) is 1. The average molecular weight is 270 g/mol. The lowest BCUT2D eigenvalue weighted by Crippen LogP contribution is -2.19. The Kier molecular flexibility index (Phi) is 4.77. The van der Waals surface area contributed by atoms with Gasteiger partial charge in [-0.15, -0.1) is 0 Å². The number of carbonyl (C=O) groups is 1. The molecule has 1 amide bonds. The first kappa shape index (κ1) is 13.7. The van der Waals surface area contributed by atoms with Gasteiger partial charge in [-0.25, -0.2) is 10.4 Å². The second-order valence-corrected chi connectivity index (χ2v) is 3.76. The van der Waals surface area contributed by atoms with Crippen molar-refractivity contribution in [3.63, 3.8) is 0 Å². The van der Waals surface area contributed by atoms with Crippen molar-refractivity contribution >= 4 is 12.1 Å². The second kappa shape index (κ2) is 6.98. The van der Waals surface area contributed by atoms with Crippen molar-refractivity contribution < 1.29 is 9.53 Å². The van der Waals surface area contributed by atoms with Crippen LogP contribution in [0.2, 0.25) is 0 Å². The van der Waals surface area contributed by atoms with E-state index in [0.29, 0.717) is 12.4 Å². The summed E-state index contributed by atoms with van der Waals surface area (Å²) in [5.41, 5.74) is 3.39. The first-order valence-electron chi connectivity index (χ1n) is 6.12. The maximum atomic E-state index is 11.7. The molecule has 0 atom stereocenters. The van der Waals surface area contributed by atoms with Gasteiger partial charge in [0.05, 0.1) is 19.0 Å². The molecule has 6 heteroatoms. The predicted molar refractivity (Wildman–Crippen MR) is 74.7 cm³/mol. The van der Waals surface area contributed by atoms with Crippen molar-refractivity contribution in [2.45, 2.75) is 6.92 Å². The zero-order chi connectivity index (χ0) is 14.2. The van der Waals surface area contributed by atoms with E-state index >= 15 is 0 Å². The molecule has 0 aliphatic rings. The Hall–Kier alpha value is -2.76. The average Bonchev–Trinajstić information content (AvgIpc) is 2.50. The minimum atomic E-state index is -0.414. The summed E-state index contributed by atoms with van der Waals surface area (Å²) in [4.78, 5) is 19.4. The highest BCUT2D eigenvalue weighted by Crippen LogP contribution is 2.15. The molecule has 0 unspecified atom stereocenters. The van der Waals surface area contributed by atoms with E-state index in [2.05, 4.69) is 20.5 Å². The highest BCUT2D eigenvalue weighted by atomic mass is 16.5. The number of hydrazone groups is 1. The van der Waals surface area contributed by atoms with Gasteiger partial charge in [0.25, 0.3) is 5.91 Å². The number of rotatable bonds is 5. The molecule has 2 aromatic rings. The fourth-order valence-electron chi connectivity index (χ4n) is 1.51. The lowest BCUT2D eigenvalue weighted by Gasteiger charge is -2.05. The van der Waals surface area contributed by atoms with E-state index in [9.17, 15) is 4.79 Å². The molecule has 1 heterocycles. The summed E-state index contributed by atoms with van der Waals surface area (Å²) < 4.78 is 5.45. The van der Waals surface area contributed by atoms with Crippen LogP contribution in [0.3, 0.4) is 0 Å². The molecule has 20 heavy (non-hydrogen) atoms. The molecule has 0 radical (unpaired) electrons. The van der Waals surface area contributed by atoms with Gasteiger partial charge in [-0.2, -0.15) is 5.10 Å². The summed E-state index contributed by atoms with van der Waals surface area (Å²) >= 11 is 0. The first-order valence-corrected chi connectivity index (χ1v) is 6.12. The monoisotopic (exact) mass is 270 g/mol. The topological polar surface area (TPSA) is 76.5 Å². The van der Waals surface area contributed by atoms with Crippen LogP contribution < -0.4 is 10.2 Å². The normalized spacial score (nSPS) is 10.4. The number of para-hydroxylation sites is 1. The number of carbonyl (C=O) groups excluding carboxylic acids is 1. The minimum Gasteiger partial charge on any atom is -0.493 e. The van der Waals surface area contributed by atoms with E-state index in [-0.39, 0.29) is 5.69 Å². The summed E-state index contributed by atoms with van der Waals surface area (Å²) in [6.45, 7) is 2.47. The Labute approximate surface area is 116 Å². The molecule has 0 aliphatic carbocycles. The van der Waals surface area contributed by atoms with E-state index in [4.69, 9.17) is 4.74 Å². The van der Waals surface area contributed by atoms with E-state index < -0.39 is 5.91 Å². The Morgan fingerprint density at radius 2 is 2.25 bits per heavy atom. The SMILES string of the molecule is CCOc1ccccc1/C=N\NC(=O)c1cnccn1. The molecule has 0 saturated heterocycles. The number of hydrogen-bond donors (Lipinski definition) is 1. The Balaban J connectivity index is 2.02. The van der Waals surface area contributed by atoms with E-state index in [1.165, 1.54) is 24.8 Å². The Morgan fingerprint density at radius 3 is 3.00 bits per heavy atom. The van der Waals surface area contributed by atoms with Crippen LogP contribution in [0.25, 0.3) is 0 Å². The van der Waals surface area contributed by atoms with Gasteiger partial charge in [-0.1, -0.05) is 12.1 Å². The van der Waals surface area contributed by atoms with E-state index in [1.807, 2.05) is 31.2 Å². The number of amides is 1. The van der Waals surface area contributed by atoms with Crippen LogP contribution in [0.15, 0.2) is 48.0 Å². The predicted octanol–water partition coefficient (Wildman–Crippen LogP) is 1.64. The summed E-state index contributed by atoms with van der Waals surface area (Å²) in [6.07, 6.45) is 5.85. The fourth-order valence-corrected chi connectivity index (χ4v) is 1.51. The summed E-state index contributed by atoms with van der Waals surface area (Å²) in [5.74, 6) is 0.302. The fraction of sp³-hybridized carbons (Fsp3) is 0.143. The lowest BCUT2D eigenvalue weighted by atomic mass is 10.2. The van der Waals surface area contributed by atoms with E-state index in [1.54, 1.807) is 0 Å². The molecule has 102 valence electrons. The van der Waals surface area contributed by atoms with E-state index in [0.717, 1.165) is 5.56 Å². The summed E-state index contributed by atoms with van der Waals surface area (Å²) in [5, 5.41) is 3.89. The van der Waals surface area contributed by atoms with Crippen LogP contribution in [0.4, 0.5) is 0 Å². The van der Waals surface area contributed by atoms with Gasteiger partial charge in [-0.3, -0.25) is 9.78 Å². The smallest absolute Gasteiger partial charge is 0.291 e. The van der Waals surface area contributed by atoms with Crippen molar-refractivity contribution in [2.75, 3.05) is 6.61 Å². The number of nitrogens with zero attached hydrogens (tertiary/aromatic N) is 3. The third-order valence-electron chi connectivity index (χ3n) is 2.38. The van der Waals surface area contributed by atoms with Gasteiger partial charge in [0.1, 0.15) is 11.4 Å². The molecule has 0 saturated carbocycles. The third-order valence-corrected chi connectivity index (χ3v) is 2.38. The van der Waals surface area contributed by atoms with Gasteiger partial charge in [0, 0.05) is 18.0 Å². The molecule has 0 bridgehead atoms. The van der Waals surface area contributed by atoms with Crippen molar-refractivity contribution in [1.29, 1.82) is 0 Å². The number of aromatic nitrogens is 2. The highest BCUT2D eigenvalue weighted by Gasteiger charge is 2.05. The van der Waals surface area contributed by atoms with Gasteiger partial charge in [-0.05, 0) is 19.1 Å². The van der Waals surface area contributed by atoms with Crippen LogP contribution in [-0.4, -0.2) is 28.7 Å². The van der Waals surface area contributed by atoms with Crippen LogP contribution in [0.1, 0.15) is 23.0 Å². The van der Waals surface area contributed by atoms with Crippen LogP contribution in [0, 0.1) is 0 Å². The molecule has 6 nitrogen and oxygen atoms in total. The second-order valence-electron chi connectivity index (χ2n) is 3.76. The molecule has 1 N–H and O–H groups in total. The van der Waals surface area contributed by atoms with Gasteiger partial charge in [0.15, 0.2) is 0 Å². The Morgan fingerprint density at radius 1 is 1.40 bits per heavy atom. The molecule has 2 rings (SSSR count). The van der Waals surface area contributed by atoms with Crippen molar-refractivity contribution in [3.8, 4) is 5.75 Å². The molecule has 1 aromatic heterocycles. The largest absolute Gasteiger partial charge is 0.493 e. The lowest BCUT2D eigenvalue weighted by molar-refractivity contribution is 0.0949. The summed E-state index contributed by atoms with van der Waals surface area (Å²) in [6, 6.07) is 7.44. The molecule has 0 spiro atoms. The van der Waals surface area contributed by atoms with Gasteiger partial charge < -0.3 is 4.74 Å². The standard InChI is InChI=1S/C14H14N4O2/c1-2-20-13-6-4-3-5-11(13)9-17-18-14(19)12-10-15-7-8-16-12/h3-10H,2H2,1H3,(H,18,19)/b17-9-.